The van der Waals surface area contributed by atoms with Crippen LogP contribution in [0, 0.1) is 0 Å². The quantitative estimate of drug-likeness (QED) is 0.619. The molecule has 4 heterocycles. The van der Waals surface area contributed by atoms with Crippen LogP contribution in [-0.4, -0.2) is 49.8 Å². The molecule has 0 bridgehead atoms. The van der Waals surface area contributed by atoms with Crippen LogP contribution in [-0.2, 0) is 6.54 Å². The maximum absolute atomic E-state index is 5.19. The lowest BCUT2D eigenvalue weighted by Crippen LogP contribution is -2.30. The number of methoxy groups -OCH3 is 1. The predicted octanol–water partition coefficient (Wildman–Crippen LogP) is 3.48. The number of halogens is 1. The van der Waals surface area contributed by atoms with Crippen molar-refractivity contribution in [3.8, 4) is 23.1 Å². The van der Waals surface area contributed by atoms with Gasteiger partial charge in [-0.15, -0.1) is 10.2 Å². The highest BCUT2D eigenvalue weighted by Gasteiger charge is 2.20. The smallest absolute Gasteiger partial charge is 0.213 e. The lowest BCUT2D eigenvalue weighted by Gasteiger charge is -2.26. The Balaban J connectivity index is 1.75. The van der Waals surface area contributed by atoms with Crippen molar-refractivity contribution < 1.29 is 4.74 Å². The van der Waals surface area contributed by atoms with Gasteiger partial charge in [-0.05, 0) is 60.1 Å². The van der Waals surface area contributed by atoms with Gasteiger partial charge in [0.05, 0.1) is 25.5 Å². The van der Waals surface area contributed by atoms with E-state index >= 15 is 0 Å². The van der Waals surface area contributed by atoms with E-state index in [1.54, 1.807) is 19.5 Å². The second kappa shape index (κ2) is 8.14. The lowest BCUT2D eigenvalue weighted by molar-refractivity contribution is 0.215. The van der Waals surface area contributed by atoms with Gasteiger partial charge in [-0.25, -0.2) is 4.98 Å². The maximum Gasteiger partial charge on any atom is 0.213 e. The Kier molecular flexibility index (Phi) is 5.45. The number of likely N-dealkylation sites (tertiary alicyclic amines) is 1. The van der Waals surface area contributed by atoms with E-state index in [-0.39, 0.29) is 0 Å². The molecule has 1 fully saturated rings. The molecule has 140 valence electrons. The first kappa shape index (κ1) is 18.1. The number of ether oxygens (including phenoxy) is 1. The summed E-state index contributed by atoms with van der Waals surface area (Å²) < 4.78 is 8.16. The van der Waals surface area contributed by atoms with Gasteiger partial charge in [-0.1, -0.05) is 6.42 Å². The molecule has 8 heteroatoms. The normalized spacial score (nSPS) is 15.0. The molecular formula is C19H21BrN6O. The van der Waals surface area contributed by atoms with Crippen LogP contribution in [0.3, 0.4) is 0 Å². The highest BCUT2D eigenvalue weighted by atomic mass is 79.9. The molecule has 0 saturated carbocycles. The first-order valence-corrected chi connectivity index (χ1v) is 9.83. The minimum atomic E-state index is 0.577. The molecule has 1 aliphatic heterocycles. The van der Waals surface area contributed by atoms with Crippen molar-refractivity contribution in [2.75, 3.05) is 20.2 Å². The monoisotopic (exact) mass is 428 g/mol. The highest BCUT2D eigenvalue weighted by molar-refractivity contribution is 9.10. The molecule has 7 nitrogen and oxygen atoms in total. The van der Waals surface area contributed by atoms with E-state index in [2.05, 4.69) is 41.0 Å². The third-order valence-electron chi connectivity index (χ3n) is 4.69. The van der Waals surface area contributed by atoms with Crippen molar-refractivity contribution in [1.29, 1.82) is 0 Å². The molecule has 3 aromatic rings. The first-order chi connectivity index (χ1) is 13.2. The van der Waals surface area contributed by atoms with Crippen LogP contribution in [0.2, 0.25) is 0 Å². The van der Waals surface area contributed by atoms with Gasteiger partial charge in [-0.2, -0.15) is 0 Å². The third-order valence-corrected chi connectivity index (χ3v) is 5.16. The molecule has 27 heavy (non-hydrogen) atoms. The molecule has 0 radical (unpaired) electrons. The van der Waals surface area contributed by atoms with Crippen LogP contribution < -0.4 is 4.74 Å². The SMILES string of the molecule is COc1ccc(-n2c(CN3CCCCC3)nnc2-c2ccc(Br)cn2)cn1. The van der Waals surface area contributed by atoms with Crippen molar-refractivity contribution in [3.63, 3.8) is 0 Å². The van der Waals surface area contributed by atoms with Crippen molar-refractivity contribution >= 4 is 15.9 Å². The zero-order valence-corrected chi connectivity index (χ0v) is 16.8. The van der Waals surface area contributed by atoms with Crippen LogP contribution in [0.15, 0.2) is 41.1 Å². The maximum atomic E-state index is 5.19. The van der Waals surface area contributed by atoms with Gasteiger partial charge >= 0.3 is 0 Å². The summed E-state index contributed by atoms with van der Waals surface area (Å²) >= 11 is 3.43. The number of piperidine rings is 1. The summed E-state index contributed by atoms with van der Waals surface area (Å²) in [6.07, 6.45) is 7.33. The fourth-order valence-corrected chi connectivity index (χ4v) is 3.54. The second-order valence-electron chi connectivity index (χ2n) is 6.53. The van der Waals surface area contributed by atoms with E-state index in [9.17, 15) is 0 Å². The van der Waals surface area contributed by atoms with Gasteiger partial charge in [0, 0.05) is 16.7 Å². The average Bonchev–Trinajstić information content (AvgIpc) is 3.13. The molecule has 0 unspecified atom stereocenters. The fourth-order valence-electron chi connectivity index (χ4n) is 3.31. The molecule has 0 aromatic carbocycles. The molecule has 3 aromatic heterocycles. The van der Waals surface area contributed by atoms with E-state index in [4.69, 9.17) is 4.74 Å². The fraction of sp³-hybridized carbons (Fsp3) is 0.368. The number of hydrogen-bond acceptors (Lipinski definition) is 6. The molecule has 0 amide bonds. The van der Waals surface area contributed by atoms with Gasteiger partial charge in [0.25, 0.3) is 0 Å². The predicted molar refractivity (Wildman–Crippen MR) is 106 cm³/mol. The molecule has 1 saturated heterocycles. The van der Waals surface area contributed by atoms with E-state index in [0.29, 0.717) is 11.7 Å². The summed E-state index contributed by atoms with van der Waals surface area (Å²) in [4.78, 5) is 11.3. The van der Waals surface area contributed by atoms with Crippen molar-refractivity contribution in [3.05, 3.63) is 47.0 Å². The molecule has 1 aliphatic rings. The molecule has 0 spiro atoms. The zero-order valence-electron chi connectivity index (χ0n) is 15.2. The van der Waals surface area contributed by atoms with Crippen LogP contribution in [0.4, 0.5) is 0 Å². The van der Waals surface area contributed by atoms with Gasteiger partial charge in [-0.3, -0.25) is 14.5 Å². The topological polar surface area (TPSA) is 69.0 Å². The molecular weight excluding hydrogens is 408 g/mol. The van der Waals surface area contributed by atoms with E-state index in [0.717, 1.165) is 41.3 Å². The van der Waals surface area contributed by atoms with E-state index < -0.39 is 0 Å². The lowest BCUT2D eigenvalue weighted by atomic mass is 10.1. The largest absolute Gasteiger partial charge is 0.481 e. The van der Waals surface area contributed by atoms with Gasteiger partial charge in [0.1, 0.15) is 5.69 Å². The Morgan fingerprint density at radius 2 is 1.85 bits per heavy atom. The summed E-state index contributed by atoms with van der Waals surface area (Å²) in [5, 5.41) is 8.94. The number of aromatic nitrogens is 5. The summed E-state index contributed by atoms with van der Waals surface area (Å²) in [5.41, 5.74) is 1.67. The third kappa shape index (κ3) is 4.01. The second-order valence-corrected chi connectivity index (χ2v) is 7.45. The Labute approximate surface area is 166 Å². The summed E-state index contributed by atoms with van der Waals surface area (Å²) in [6, 6.07) is 7.71. The Morgan fingerprint density at radius 1 is 1.00 bits per heavy atom. The molecule has 0 atom stereocenters. The van der Waals surface area contributed by atoms with Gasteiger partial charge in [0.15, 0.2) is 11.6 Å². The first-order valence-electron chi connectivity index (χ1n) is 9.03. The standard InChI is InChI=1S/C19H21BrN6O/c1-27-18-8-6-15(12-22-18)26-17(13-25-9-3-2-4-10-25)23-24-19(26)16-7-5-14(20)11-21-16/h5-8,11-12H,2-4,9-10,13H2,1H3. The van der Waals surface area contributed by atoms with Crippen LogP contribution in [0.25, 0.3) is 17.2 Å². The Bertz CT molecular complexity index is 888. The van der Waals surface area contributed by atoms with E-state index in [1.807, 2.05) is 28.8 Å². The minimum absolute atomic E-state index is 0.577. The van der Waals surface area contributed by atoms with Gasteiger partial charge in [0.2, 0.25) is 5.88 Å². The van der Waals surface area contributed by atoms with Crippen molar-refractivity contribution in [1.82, 2.24) is 29.6 Å². The van der Waals surface area contributed by atoms with Gasteiger partial charge < -0.3 is 4.74 Å². The molecule has 0 N–H and O–H groups in total. The van der Waals surface area contributed by atoms with Crippen molar-refractivity contribution in [2.45, 2.75) is 25.8 Å². The van der Waals surface area contributed by atoms with E-state index in [1.165, 1.54) is 19.3 Å². The van der Waals surface area contributed by atoms with Crippen molar-refractivity contribution in [2.24, 2.45) is 0 Å². The number of nitrogens with zero attached hydrogens (tertiary/aromatic N) is 6. The minimum Gasteiger partial charge on any atom is -0.481 e. The molecule has 0 aliphatic carbocycles. The summed E-state index contributed by atoms with van der Waals surface area (Å²) in [5.74, 6) is 2.18. The summed E-state index contributed by atoms with van der Waals surface area (Å²) in [6.45, 7) is 2.95. The van der Waals surface area contributed by atoms with Crippen LogP contribution in [0.5, 0.6) is 5.88 Å². The Hall–Kier alpha value is -2.32. The number of rotatable bonds is 5. The van der Waals surface area contributed by atoms with Crippen LogP contribution in [0.1, 0.15) is 25.1 Å². The number of hydrogen-bond donors (Lipinski definition) is 0. The zero-order chi connectivity index (χ0) is 18.6. The Morgan fingerprint density at radius 3 is 2.52 bits per heavy atom. The van der Waals surface area contributed by atoms with Crippen LogP contribution >= 0.6 is 15.9 Å². The number of pyridine rings is 2. The summed E-state index contributed by atoms with van der Waals surface area (Å²) in [7, 11) is 1.61. The molecule has 4 rings (SSSR count). The highest BCUT2D eigenvalue weighted by Crippen LogP contribution is 2.24. The average molecular weight is 429 g/mol.